The second kappa shape index (κ2) is 5.40. The first-order valence-corrected chi connectivity index (χ1v) is 6.73. The summed E-state index contributed by atoms with van der Waals surface area (Å²) in [4.78, 5) is 28.6. The number of hydrogen-bond acceptors (Lipinski definition) is 5. The molecule has 1 heterocycles. The molecule has 0 saturated heterocycles. The van der Waals surface area contributed by atoms with Gasteiger partial charge in [0, 0.05) is 12.1 Å². The Hall–Kier alpha value is -1.62. The number of aryl methyl sites for hydroxylation is 1. The van der Waals surface area contributed by atoms with E-state index in [0.717, 1.165) is 22.5 Å². The Kier molecular flexibility index (Phi) is 3.99. The first-order chi connectivity index (χ1) is 9.48. The average molecular weight is 298 g/mol. The average Bonchev–Trinajstić information content (AvgIpc) is 2.86. The van der Waals surface area contributed by atoms with E-state index < -0.39 is 17.4 Å². The predicted octanol–water partition coefficient (Wildman–Crippen LogP) is 1.56. The summed E-state index contributed by atoms with van der Waals surface area (Å²) in [5.41, 5.74) is 2.02. The molecule has 20 heavy (non-hydrogen) atoms. The largest absolute Gasteiger partial charge is 0.468 e. The standard InChI is InChI=1S/C14H16ClNO4/c1-8-11-6-14(12(17)19-2,13(18)20-3)5-9(11)4-10(7-15)16-8/h4H,5-7H2,1-3H3. The number of nitrogens with zero attached hydrogens (tertiary/aromatic N) is 1. The van der Waals surface area contributed by atoms with Crippen LogP contribution in [0.2, 0.25) is 0 Å². The number of aromatic nitrogens is 1. The Morgan fingerprint density at radius 3 is 2.40 bits per heavy atom. The van der Waals surface area contributed by atoms with Crippen LogP contribution in [-0.2, 0) is 37.8 Å². The number of esters is 2. The number of pyridine rings is 1. The molecule has 0 radical (unpaired) electrons. The van der Waals surface area contributed by atoms with Crippen LogP contribution >= 0.6 is 11.6 Å². The van der Waals surface area contributed by atoms with Crippen molar-refractivity contribution in [2.75, 3.05) is 14.2 Å². The summed E-state index contributed by atoms with van der Waals surface area (Å²) in [6, 6.07) is 1.84. The molecule has 0 unspecified atom stereocenters. The fraction of sp³-hybridized carbons (Fsp3) is 0.500. The number of carbonyl (C=O) groups is 2. The molecule has 0 atom stereocenters. The summed E-state index contributed by atoms with van der Waals surface area (Å²) in [5, 5.41) is 0. The van der Waals surface area contributed by atoms with Crippen LogP contribution in [0, 0.1) is 12.3 Å². The van der Waals surface area contributed by atoms with Crippen molar-refractivity contribution in [3.8, 4) is 0 Å². The van der Waals surface area contributed by atoms with Gasteiger partial charge in [0.2, 0.25) is 0 Å². The summed E-state index contributed by atoms with van der Waals surface area (Å²) in [6.45, 7) is 1.85. The lowest BCUT2D eigenvalue weighted by Crippen LogP contribution is -2.42. The van der Waals surface area contributed by atoms with Gasteiger partial charge in [0.1, 0.15) is 0 Å². The normalized spacial score (nSPS) is 15.6. The third kappa shape index (κ3) is 2.16. The minimum atomic E-state index is -1.30. The van der Waals surface area contributed by atoms with Gasteiger partial charge in [-0.3, -0.25) is 14.6 Å². The Bertz CT molecular complexity index is 555. The van der Waals surface area contributed by atoms with Gasteiger partial charge in [0.25, 0.3) is 0 Å². The third-order valence-corrected chi connectivity index (χ3v) is 4.01. The van der Waals surface area contributed by atoms with E-state index in [4.69, 9.17) is 21.1 Å². The van der Waals surface area contributed by atoms with E-state index in [1.165, 1.54) is 14.2 Å². The molecule has 0 saturated carbocycles. The molecule has 1 aliphatic rings. The zero-order valence-corrected chi connectivity index (χ0v) is 12.4. The fourth-order valence-corrected chi connectivity index (χ4v) is 2.89. The van der Waals surface area contributed by atoms with Crippen molar-refractivity contribution in [2.45, 2.75) is 25.6 Å². The maximum atomic E-state index is 12.1. The molecule has 0 aromatic carbocycles. The summed E-state index contributed by atoms with van der Waals surface area (Å²) >= 11 is 5.81. The molecule has 5 nitrogen and oxygen atoms in total. The lowest BCUT2D eigenvalue weighted by atomic mass is 9.84. The Balaban J connectivity index is 2.50. The highest BCUT2D eigenvalue weighted by molar-refractivity contribution is 6.16. The van der Waals surface area contributed by atoms with E-state index in [9.17, 15) is 9.59 Å². The van der Waals surface area contributed by atoms with E-state index >= 15 is 0 Å². The van der Waals surface area contributed by atoms with Gasteiger partial charge in [0.15, 0.2) is 5.41 Å². The first kappa shape index (κ1) is 14.8. The molecule has 0 fully saturated rings. The minimum absolute atomic E-state index is 0.253. The van der Waals surface area contributed by atoms with Crippen LogP contribution in [0.5, 0.6) is 0 Å². The van der Waals surface area contributed by atoms with Gasteiger partial charge >= 0.3 is 11.9 Å². The van der Waals surface area contributed by atoms with Crippen LogP contribution in [0.15, 0.2) is 6.07 Å². The maximum Gasteiger partial charge on any atom is 0.323 e. The second-order valence-corrected chi connectivity index (χ2v) is 5.16. The molecule has 0 bridgehead atoms. The highest BCUT2D eigenvalue weighted by atomic mass is 35.5. The van der Waals surface area contributed by atoms with Crippen LogP contribution in [-0.4, -0.2) is 31.1 Å². The van der Waals surface area contributed by atoms with E-state index in [1.807, 2.05) is 13.0 Å². The molecule has 0 spiro atoms. The highest BCUT2D eigenvalue weighted by Crippen LogP contribution is 2.40. The maximum absolute atomic E-state index is 12.1. The van der Waals surface area contributed by atoms with Gasteiger partial charge < -0.3 is 9.47 Å². The van der Waals surface area contributed by atoms with Crippen molar-refractivity contribution in [1.29, 1.82) is 0 Å². The summed E-state index contributed by atoms with van der Waals surface area (Å²) in [5.74, 6) is -0.864. The molecule has 108 valence electrons. The number of fused-ring (bicyclic) bond motifs is 1. The molecule has 1 aromatic heterocycles. The Morgan fingerprint density at radius 1 is 1.30 bits per heavy atom. The Morgan fingerprint density at radius 2 is 1.90 bits per heavy atom. The van der Waals surface area contributed by atoms with Gasteiger partial charge in [-0.2, -0.15) is 0 Å². The van der Waals surface area contributed by atoms with Crippen LogP contribution in [0.1, 0.15) is 22.5 Å². The van der Waals surface area contributed by atoms with Crippen LogP contribution in [0.4, 0.5) is 0 Å². The topological polar surface area (TPSA) is 65.5 Å². The number of alkyl halides is 1. The number of carbonyl (C=O) groups excluding carboxylic acids is 2. The Labute approximate surface area is 122 Å². The van der Waals surface area contributed by atoms with Crippen LogP contribution in [0.3, 0.4) is 0 Å². The first-order valence-electron chi connectivity index (χ1n) is 6.19. The van der Waals surface area contributed by atoms with E-state index in [2.05, 4.69) is 4.98 Å². The van der Waals surface area contributed by atoms with E-state index in [-0.39, 0.29) is 18.7 Å². The van der Waals surface area contributed by atoms with Crippen molar-refractivity contribution in [3.63, 3.8) is 0 Å². The molecule has 0 amide bonds. The van der Waals surface area contributed by atoms with Gasteiger partial charge in [-0.15, -0.1) is 11.6 Å². The summed E-state index contributed by atoms with van der Waals surface area (Å²) in [6.07, 6.45) is 0.512. The van der Waals surface area contributed by atoms with Crippen molar-refractivity contribution >= 4 is 23.5 Å². The lowest BCUT2D eigenvalue weighted by molar-refractivity contribution is -0.168. The molecular weight excluding hydrogens is 282 g/mol. The van der Waals surface area contributed by atoms with Crippen molar-refractivity contribution in [3.05, 3.63) is 28.6 Å². The van der Waals surface area contributed by atoms with E-state index in [0.29, 0.717) is 0 Å². The quantitative estimate of drug-likeness (QED) is 0.481. The lowest BCUT2D eigenvalue weighted by Gasteiger charge is -2.22. The monoisotopic (exact) mass is 297 g/mol. The van der Waals surface area contributed by atoms with E-state index in [1.54, 1.807) is 0 Å². The van der Waals surface area contributed by atoms with Gasteiger partial charge in [-0.25, -0.2) is 0 Å². The smallest absolute Gasteiger partial charge is 0.323 e. The molecule has 2 rings (SSSR count). The molecule has 6 heteroatoms. The summed E-state index contributed by atoms with van der Waals surface area (Å²) in [7, 11) is 2.54. The second-order valence-electron chi connectivity index (χ2n) is 4.89. The molecule has 0 N–H and O–H groups in total. The fourth-order valence-electron chi connectivity index (χ4n) is 2.76. The number of ether oxygens (including phenoxy) is 2. The summed E-state index contributed by atoms with van der Waals surface area (Å²) < 4.78 is 9.60. The third-order valence-electron chi connectivity index (χ3n) is 3.74. The zero-order valence-electron chi connectivity index (χ0n) is 11.7. The van der Waals surface area contributed by atoms with Crippen molar-refractivity contribution < 1.29 is 19.1 Å². The van der Waals surface area contributed by atoms with Crippen molar-refractivity contribution in [1.82, 2.24) is 4.98 Å². The van der Waals surface area contributed by atoms with Gasteiger partial charge in [-0.05, 0) is 30.5 Å². The van der Waals surface area contributed by atoms with Gasteiger partial charge in [0.05, 0.1) is 25.8 Å². The zero-order chi connectivity index (χ0) is 14.9. The highest BCUT2D eigenvalue weighted by Gasteiger charge is 2.53. The predicted molar refractivity (Wildman–Crippen MR) is 72.4 cm³/mol. The SMILES string of the molecule is COC(=O)C1(C(=O)OC)Cc2cc(CCl)nc(C)c2C1. The molecule has 0 aliphatic heterocycles. The minimum Gasteiger partial charge on any atom is -0.468 e. The number of methoxy groups -OCH3 is 2. The molecule has 1 aromatic rings. The number of hydrogen-bond donors (Lipinski definition) is 0. The van der Waals surface area contributed by atoms with Crippen LogP contribution in [0.25, 0.3) is 0 Å². The molecule has 1 aliphatic carbocycles. The van der Waals surface area contributed by atoms with Crippen molar-refractivity contribution in [2.24, 2.45) is 5.41 Å². The number of halogens is 1. The van der Waals surface area contributed by atoms with Gasteiger partial charge in [-0.1, -0.05) is 0 Å². The molecular formula is C14H16ClNO4. The number of rotatable bonds is 3. The van der Waals surface area contributed by atoms with Crippen LogP contribution < -0.4 is 0 Å².